The van der Waals surface area contributed by atoms with E-state index in [1.165, 1.54) is 48.9 Å². The van der Waals surface area contributed by atoms with Crippen molar-refractivity contribution in [1.82, 2.24) is 19.7 Å². The standard InChI is InChI=1S/C21H24N6O3S2/c22-32(29,30)18-10-8-16(9-11-18)23-20(28)15-31-21-25-24-19(14-26-12-4-5-13-26)27(21)17-6-2-1-3-7-17/h1-3,6-11H,4-5,12-15H2,(H,23,28)(H2,22,29,30). The minimum atomic E-state index is -3.77. The second-order valence-electron chi connectivity index (χ2n) is 7.46. The van der Waals surface area contributed by atoms with Crippen molar-refractivity contribution in [2.45, 2.75) is 29.4 Å². The van der Waals surface area contributed by atoms with Gasteiger partial charge in [-0.05, 0) is 62.3 Å². The summed E-state index contributed by atoms with van der Waals surface area (Å²) in [6.45, 7) is 2.82. The Hall–Kier alpha value is -2.73. The zero-order valence-electron chi connectivity index (χ0n) is 17.3. The molecule has 0 saturated carbocycles. The normalized spacial score (nSPS) is 14.5. The maximum absolute atomic E-state index is 12.5. The van der Waals surface area contributed by atoms with Crippen LogP contribution in [0, 0.1) is 0 Å². The number of carbonyl (C=O) groups is 1. The summed E-state index contributed by atoms with van der Waals surface area (Å²) in [6, 6.07) is 15.6. The first kappa shape index (κ1) is 22.5. The number of anilines is 1. The van der Waals surface area contributed by atoms with Gasteiger partial charge in [-0.2, -0.15) is 0 Å². The zero-order valence-corrected chi connectivity index (χ0v) is 19.0. The fraction of sp³-hybridized carbons (Fsp3) is 0.286. The molecule has 0 atom stereocenters. The first-order chi connectivity index (χ1) is 15.4. The zero-order chi connectivity index (χ0) is 22.6. The Bertz CT molecular complexity index is 1170. The Labute approximate surface area is 191 Å². The van der Waals surface area contributed by atoms with Crippen LogP contribution >= 0.6 is 11.8 Å². The van der Waals surface area contributed by atoms with E-state index >= 15 is 0 Å². The molecule has 1 aromatic heterocycles. The van der Waals surface area contributed by atoms with Crippen molar-refractivity contribution in [3.63, 3.8) is 0 Å². The van der Waals surface area contributed by atoms with Gasteiger partial charge in [0.25, 0.3) is 0 Å². The molecule has 0 unspecified atom stereocenters. The molecular weight excluding hydrogens is 448 g/mol. The van der Waals surface area contributed by atoms with E-state index < -0.39 is 10.0 Å². The van der Waals surface area contributed by atoms with Crippen LogP contribution in [0.3, 0.4) is 0 Å². The quantitative estimate of drug-likeness (QED) is 0.482. The lowest BCUT2D eigenvalue weighted by Gasteiger charge is -2.16. The third-order valence-corrected chi connectivity index (χ3v) is 6.94. The summed E-state index contributed by atoms with van der Waals surface area (Å²) in [5.41, 5.74) is 1.44. The van der Waals surface area contributed by atoms with Crippen LogP contribution in [0.1, 0.15) is 18.7 Å². The van der Waals surface area contributed by atoms with Gasteiger partial charge in [-0.1, -0.05) is 30.0 Å². The highest BCUT2D eigenvalue weighted by Crippen LogP contribution is 2.24. The van der Waals surface area contributed by atoms with E-state index in [9.17, 15) is 13.2 Å². The number of carbonyl (C=O) groups excluding carboxylic acids is 1. The third-order valence-electron chi connectivity index (χ3n) is 5.08. The van der Waals surface area contributed by atoms with Crippen molar-refractivity contribution in [2.24, 2.45) is 5.14 Å². The summed E-state index contributed by atoms with van der Waals surface area (Å²) >= 11 is 1.30. The van der Waals surface area contributed by atoms with E-state index in [1.54, 1.807) is 0 Å². The Morgan fingerprint density at radius 3 is 2.38 bits per heavy atom. The number of likely N-dealkylation sites (tertiary alicyclic amines) is 1. The fourth-order valence-corrected chi connectivity index (χ4v) is 4.81. The first-order valence-corrected chi connectivity index (χ1v) is 12.7. The van der Waals surface area contributed by atoms with Gasteiger partial charge in [0.1, 0.15) is 0 Å². The molecule has 3 N–H and O–H groups in total. The lowest BCUT2D eigenvalue weighted by atomic mass is 10.3. The highest BCUT2D eigenvalue weighted by atomic mass is 32.2. The molecule has 0 aliphatic carbocycles. The third kappa shape index (κ3) is 5.54. The second-order valence-corrected chi connectivity index (χ2v) is 9.96. The maximum Gasteiger partial charge on any atom is 0.238 e. The highest BCUT2D eigenvalue weighted by molar-refractivity contribution is 7.99. The van der Waals surface area contributed by atoms with Gasteiger partial charge in [0.15, 0.2) is 11.0 Å². The van der Waals surface area contributed by atoms with Crippen molar-refractivity contribution in [3.05, 3.63) is 60.4 Å². The van der Waals surface area contributed by atoms with Crippen LogP contribution in [0.2, 0.25) is 0 Å². The van der Waals surface area contributed by atoms with Crippen LogP contribution in [0.15, 0.2) is 64.6 Å². The number of sulfonamides is 1. The molecule has 4 rings (SSSR count). The molecule has 1 saturated heterocycles. The van der Waals surface area contributed by atoms with Crippen molar-refractivity contribution in [3.8, 4) is 5.69 Å². The number of amides is 1. The average molecular weight is 473 g/mol. The molecule has 0 bridgehead atoms. The number of nitrogens with two attached hydrogens (primary N) is 1. The lowest BCUT2D eigenvalue weighted by molar-refractivity contribution is -0.113. The SMILES string of the molecule is NS(=O)(=O)c1ccc(NC(=O)CSc2nnc(CN3CCCC3)n2-c2ccccc2)cc1. The Morgan fingerprint density at radius 2 is 1.72 bits per heavy atom. The van der Waals surface area contributed by atoms with E-state index in [1.807, 2.05) is 34.9 Å². The molecule has 2 heterocycles. The summed E-state index contributed by atoms with van der Waals surface area (Å²) < 4.78 is 24.7. The number of primary sulfonamides is 1. The number of nitrogens with zero attached hydrogens (tertiary/aromatic N) is 4. The lowest BCUT2D eigenvalue weighted by Crippen LogP contribution is -2.21. The highest BCUT2D eigenvalue weighted by Gasteiger charge is 2.20. The monoisotopic (exact) mass is 472 g/mol. The van der Waals surface area contributed by atoms with Crippen molar-refractivity contribution >= 4 is 33.4 Å². The van der Waals surface area contributed by atoms with Crippen LogP contribution in [-0.2, 0) is 21.4 Å². The van der Waals surface area contributed by atoms with E-state index in [0.29, 0.717) is 17.4 Å². The fourth-order valence-electron chi connectivity index (χ4n) is 3.53. The van der Waals surface area contributed by atoms with Crippen molar-refractivity contribution in [1.29, 1.82) is 0 Å². The second kappa shape index (κ2) is 9.82. The Kier molecular flexibility index (Phi) is 6.89. The predicted molar refractivity (Wildman–Crippen MR) is 123 cm³/mol. The molecule has 1 fully saturated rings. The number of thioether (sulfide) groups is 1. The van der Waals surface area contributed by atoms with Crippen molar-refractivity contribution in [2.75, 3.05) is 24.2 Å². The number of para-hydroxylation sites is 1. The molecule has 1 aliphatic heterocycles. The first-order valence-electron chi connectivity index (χ1n) is 10.2. The molecule has 9 nitrogen and oxygen atoms in total. The number of nitrogens with one attached hydrogen (secondary N) is 1. The van der Waals surface area contributed by atoms with Gasteiger partial charge < -0.3 is 5.32 Å². The molecule has 0 spiro atoms. The summed E-state index contributed by atoms with van der Waals surface area (Å²) in [5.74, 6) is 0.743. The molecule has 168 valence electrons. The summed E-state index contributed by atoms with van der Waals surface area (Å²) in [4.78, 5) is 14.8. The minimum Gasteiger partial charge on any atom is -0.325 e. The number of rotatable bonds is 8. The average Bonchev–Trinajstić information content (AvgIpc) is 3.43. The molecule has 3 aromatic rings. The van der Waals surface area contributed by atoms with E-state index in [-0.39, 0.29) is 16.6 Å². The van der Waals surface area contributed by atoms with Gasteiger partial charge in [-0.3, -0.25) is 14.3 Å². The van der Waals surface area contributed by atoms with Crippen molar-refractivity contribution < 1.29 is 13.2 Å². The van der Waals surface area contributed by atoms with Gasteiger partial charge >= 0.3 is 0 Å². The topological polar surface area (TPSA) is 123 Å². The van der Waals surface area contributed by atoms with Crippen LogP contribution in [-0.4, -0.2) is 52.8 Å². The smallest absolute Gasteiger partial charge is 0.238 e. The number of aromatic nitrogens is 3. The molecule has 0 radical (unpaired) electrons. The van der Waals surface area contributed by atoms with Gasteiger partial charge in [0.2, 0.25) is 15.9 Å². The molecule has 11 heteroatoms. The van der Waals surface area contributed by atoms with E-state index in [4.69, 9.17) is 5.14 Å². The van der Waals surface area contributed by atoms with Crippen LogP contribution in [0.5, 0.6) is 0 Å². The number of benzene rings is 2. The Balaban J connectivity index is 1.45. The predicted octanol–water partition coefficient (Wildman–Crippen LogP) is 2.24. The maximum atomic E-state index is 12.5. The summed E-state index contributed by atoms with van der Waals surface area (Å²) in [7, 11) is -3.77. The number of hydrogen-bond acceptors (Lipinski definition) is 7. The summed E-state index contributed by atoms with van der Waals surface area (Å²) in [5, 5.41) is 17.2. The molecule has 1 aliphatic rings. The van der Waals surface area contributed by atoms with E-state index in [2.05, 4.69) is 20.4 Å². The van der Waals surface area contributed by atoms with Gasteiger partial charge in [-0.15, -0.1) is 10.2 Å². The Morgan fingerprint density at radius 1 is 1.03 bits per heavy atom. The summed E-state index contributed by atoms with van der Waals surface area (Å²) in [6.07, 6.45) is 2.39. The molecule has 32 heavy (non-hydrogen) atoms. The molecular formula is C21H24N6O3S2. The van der Waals surface area contributed by atoms with Gasteiger partial charge in [-0.25, -0.2) is 13.6 Å². The van der Waals surface area contributed by atoms with Crippen LogP contribution in [0.4, 0.5) is 5.69 Å². The van der Waals surface area contributed by atoms with Gasteiger partial charge in [0.05, 0.1) is 17.2 Å². The van der Waals surface area contributed by atoms with E-state index in [0.717, 1.165) is 24.6 Å². The van der Waals surface area contributed by atoms with Gasteiger partial charge in [0, 0.05) is 11.4 Å². The number of hydrogen-bond donors (Lipinski definition) is 2. The minimum absolute atomic E-state index is 0.00799. The van der Waals surface area contributed by atoms with Crippen LogP contribution in [0.25, 0.3) is 5.69 Å². The molecule has 2 aromatic carbocycles. The molecule has 1 amide bonds. The largest absolute Gasteiger partial charge is 0.325 e. The van der Waals surface area contributed by atoms with Crippen LogP contribution < -0.4 is 10.5 Å².